The van der Waals surface area contributed by atoms with Gasteiger partial charge in [0.05, 0.1) is 22.5 Å². The van der Waals surface area contributed by atoms with Crippen molar-refractivity contribution in [3.05, 3.63) is 59.2 Å². The number of fused-ring (bicyclic) bond motifs is 1. The molecule has 156 valence electrons. The van der Waals surface area contributed by atoms with E-state index in [1.807, 2.05) is 6.07 Å². The molecule has 0 unspecified atom stereocenters. The topological polar surface area (TPSA) is 112 Å². The predicted octanol–water partition coefficient (Wildman–Crippen LogP) is 2.91. The van der Waals surface area contributed by atoms with E-state index in [0.29, 0.717) is 18.7 Å². The van der Waals surface area contributed by atoms with E-state index >= 15 is 0 Å². The zero-order chi connectivity index (χ0) is 21.3. The summed E-state index contributed by atoms with van der Waals surface area (Å²) in [6.07, 6.45) is 0.342. The fraction of sp³-hybridized carbons (Fsp3) is 0.300. The number of carbonyl (C=O) groups excluding carboxylic acids is 2. The largest absolute Gasteiger partial charge is 0.381 e. The summed E-state index contributed by atoms with van der Waals surface area (Å²) in [5.41, 5.74) is 6.49. The monoisotopic (exact) mass is 415 g/mol. The number of rotatable bonds is 5. The molecular formula is C20H19F2N5O3. The smallest absolute Gasteiger partial charge is 0.280 e. The lowest BCUT2D eigenvalue weighted by atomic mass is 9.97. The van der Waals surface area contributed by atoms with Crippen LogP contribution in [-0.2, 0) is 4.74 Å². The normalized spacial score (nSPS) is 14.9. The molecule has 0 bridgehead atoms. The minimum atomic E-state index is -2.80. The van der Waals surface area contributed by atoms with E-state index in [2.05, 4.69) is 15.4 Å². The molecule has 10 heteroatoms. The maximum atomic E-state index is 12.9. The lowest BCUT2D eigenvalue weighted by Crippen LogP contribution is -2.20. The Morgan fingerprint density at radius 3 is 2.70 bits per heavy atom. The number of halogens is 2. The number of amides is 2. The molecule has 0 aliphatic carbocycles. The Balaban J connectivity index is 1.66. The number of nitrogens with zero attached hydrogens (tertiary/aromatic N) is 3. The molecule has 1 aliphatic heterocycles. The fourth-order valence-corrected chi connectivity index (χ4v) is 3.44. The molecule has 4 rings (SSSR count). The molecule has 8 nitrogen and oxygen atoms in total. The Morgan fingerprint density at radius 2 is 2.00 bits per heavy atom. The lowest BCUT2D eigenvalue weighted by Gasteiger charge is -2.19. The van der Waals surface area contributed by atoms with Crippen LogP contribution in [0.3, 0.4) is 0 Å². The average molecular weight is 415 g/mol. The molecule has 1 aliphatic rings. The molecule has 0 aromatic carbocycles. The first-order valence-electron chi connectivity index (χ1n) is 9.39. The highest BCUT2D eigenvalue weighted by atomic mass is 19.3. The first-order chi connectivity index (χ1) is 14.4. The summed E-state index contributed by atoms with van der Waals surface area (Å²) in [5.74, 6) is -1.24. The number of hydrogen-bond acceptors (Lipinski definition) is 5. The number of primary amides is 1. The Hall–Kier alpha value is -3.40. The molecule has 0 radical (unpaired) electrons. The van der Waals surface area contributed by atoms with Crippen LogP contribution in [0.2, 0.25) is 0 Å². The van der Waals surface area contributed by atoms with Crippen molar-refractivity contribution in [2.45, 2.75) is 25.2 Å². The zero-order valence-corrected chi connectivity index (χ0v) is 15.8. The highest BCUT2D eigenvalue weighted by molar-refractivity contribution is 6.08. The zero-order valence-electron chi connectivity index (χ0n) is 15.8. The molecule has 0 spiro atoms. The van der Waals surface area contributed by atoms with Crippen LogP contribution in [0, 0.1) is 0 Å². The summed E-state index contributed by atoms with van der Waals surface area (Å²) in [5, 5.41) is 7.08. The number of nitrogens with one attached hydrogen (secondary N) is 1. The van der Waals surface area contributed by atoms with Gasteiger partial charge in [0.25, 0.3) is 18.2 Å². The first kappa shape index (κ1) is 19.9. The van der Waals surface area contributed by atoms with Crippen molar-refractivity contribution in [3.63, 3.8) is 0 Å². The summed E-state index contributed by atoms with van der Waals surface area (Å²) in [6, 6.07) is 7.22. The van der Waals surface area contributed by atoms with Crippen LogP contribution in [0.4, 0.5) is 14.5 Å². The molecule has 30 heavy (non-hydrogen) atoms. The van der Waals surface area contributed by atoms with Crippen molar-refractivity contribution in [2.75, 3.05) is 18.5 Å². The standard InChI is InChI=1S/C20H19F2N5O3/c21-18(22)14-2-1-3-15(24-14)20(29)25-17-9-12-8-16(11-4-6-30-7-5-11)26-27(12)10-13(17)19(23)28/h1-3,8-11,18H,4-7H2,(H2,23,28)(H,25,29). The molecular weight excluding hydrogens is 396 g/mol. The van der Waals surface area contributed by atoms with Crippen molar-refractivity contribution in [1.29, 1.82) is 0 Å². The van der Waals surface area contributed by atoms with Gasteiger partial charge < -0.3 is 15.8 Å². The minimum Gasteiger partial charge on any atom is -0.381 e. The quantitative estimate of drug-likeness (QED) is 0.666. The highest BCUT2D eigenvalue weighted by Crippen LogP contribution is 2.28. The van der Waals surface area contributed by atoms with Gasteiger partial charge in [-0.15, -0.1) is 0 Å². The maximum Gasteiger partial charge on any atom is 0.280 e. The Labute approximate surface area is 170 Å². The number of hydrogen-bond donors (Lipinski definition) is 2. The van der Waals surface area contributed by atoms with Gasteiger partial charge in [-0.3, -0.25) is 9.59 Å². The van der Waals surface area contributed by atoms with Crippen molar-refractivity contribution in [1.82, 2.24) is 14.6 Å². The van der Waals surface area contributed by atoms with Gasteiger partial charge in [0.15, 0.2) is 0 Å². The van der Waals surface area contributed by atoms with Crippen LogP contribution in [0.5, 0.6) is 0 Å². The van der Waals surface area contributed by atoms with Crippen LogP contribution in [0.25, 0.3) is 5.52 Å². The van der Waals surface area contributed by atoms with E-state index in [4.69, 9.17) is 10.5 Å². The molecule has 3 N–H and O–H groups in total. The van der Waals surface area contributed by atoms with Crippen molar-refractivity contribution >= 4 is 23.0 Å². The van der Waals surface area contributed by atoms with Crippen LogP contribution in [0.1, 0.15) is 57.4 Å². The number of carbonyl (C=O) groups is 2. The molecule has 2 amide bonds. The number of aromatic nitrogens is 3. The predicted molar refractivity (Wildman–Crippen MR) is 104 cm³/mol. The second-order valence-corrected chi connectivity index (χ2v) is 6.99. The summed E-state index contributed by atoms with van der Waals surface area (Å²) < 4.78 is 32.6. The average Bonchev–Trinajstić information content (AvgIpc) is 3.17. The van der Waals surface area contributed by atoms with Crippen LogP contribution in [0.15, 0.2) is 36.5 Å². The van der Waals surface area contributed by atoms with E-state index in [9.17, 15) is 18.4 Å². The maximum absolute atomic E-state index is 12.9. The fourth-order valence-electron chi connectivity index (χ4n) is 3.44. The van der Waals surface area contributed by atoms with Crippen molar-refractivity contribution < 1.29 is 23.1 Å². The third kappa shape index (κ3) is 3.99. The third-order valence-corrected chi connectivity index (χ3v) is 5.00. The first-order valence-corrected chi connectivity index (χ1v) is 9.39. The lowest BCUT2D eigenvalue weighted by molar-refractivity contribution is 0.0844. The number of ether oxygens (including phenoxy) is 1. The third-order valence-electron chi connectivity index (χ3n) is 5.00. The van der Waals surface area contributed by atoms with E-state index in [0.717, 1.165) is 24.6 Å². The van der Waals surface area contributed by atoms with Gasteiger partial charge in [-0.05, 0) is 37.1 Å². The molecule has 0 saturated carbocycles. The van der Waals surface area contributed by atoms with E-state index < -0.39 is 23.9 Å². The van der Waals surface area contributed by atoms with Gasteiger partial charge in [-0.1, -0.05) is 6.07 Å². The van der Waals surface area contributed by atoms with E-state index in [1.165, 1.54) is 22.8 Å². The second-order valence-electron chi connectivity index (χ2n) is 6.99. The highest BCUT2D eigenvalue weighted by Gasteiger charge is 2.21. The summed E-state index contributed by atoms with van der Waals surface area (Å²) in [7, 11) is 0. The second kappa shape index (κ2) is 8.15. The SMILES string of the molecule is NC(=O)c1cn2nc(C3CCOCC3)cc2cc1NC(=O)c1cccc(C(F)F)n1. The summed E-state index contributed by atoms with van der Waals surface area (Å²) in [4.78, 5) is 28.1. The summed E-state index contributed by atoms with van der Waals surface area (Å²) in [6.45, 7) is 1.33. The minimum absolute atomic E-state index is 0.0440. The molecule has 3 aromatic heterocycles. The Kier molecular flexibility index (Phi) is 5.40. The van der Waals surface area contributed by atoms with Gasteiger partial charge >= 0.3 is 0 Å². The summed E-state index contributed by atoms with van der Waals surface area (Å²) >= 11 is 0. The number of alkyl halides is 2. The van der Waals surface area contributed by atoms with E-state index in [-0.39, 0.29) is 22.9 Å². The van der Waals surface area contributed by atoms with E-state index in [1.54, 1.807) is 6.07 Å². The van der Waals surface area contributed by atoms with Gasteiger partial charge in [0.2, 0.25) is 0 Å². The Bertz CT molecular complexity index is 1110. The number of anilines is 1. The molecule has 0 atom stereocenters. The van der Waals surface area contributed by atoms with Crippen LogP contribution in [-0.4, -0.2) is 39.6 Å². The molecule has 1 saturated heterocycles. The van der Waals surface area contributed by atoms with Crippen molar-refractivity contribution in [2.24, 2.45) is 5.73 Å². The van der Waals surface area contributed by atoms with Crippen LogP contribution < -0.4 is 11.1 Å². The molecule has 4 heterocycles. The Morgan fingerprint density at radius 1 is 1.23 bits per heavy atom. The van der Waals surface area contributed by atoms with Crippen molar-refractivity contribution in [3.8, 4) is 0 Å². The van der Waals surface area contributed by atoms with Gasteiger partial charge in [-0.2, -0.15) is 5.10 Å². The number of nitrogens with two attached hydrogens (primary N) is 1. The van der Waals surface area contributed by atoms with Gasteiger partial charge in [0, 0.05) is 25.3 Å². The van der Waals surface area contributed by atoms with Gasteiger partial charge in [-0.25, -0.2) is 18.3 Å². The molecule has 1 fully saturated rings. The number of pyridine rings is 2. The van der Waals surface area contributed by atoms with Crippen LogP contribution >= 0.6 is 0 Å². The van der Waals surface area contributed by atoms with Gasteiger partial charge in [0.1, 0.15) is 11.4 Å². The molecule has 3 aromatic rings.